The van der Waals surface area contributed by atoms with Crippen molar-refractivity contribution in [3.8, 4) is 0 Å². The summed E-state index contributed by atoms with van der Waals surface area (Å²) < 4.78 is 0. The van der Waals surface area contributed by atoms with E-state index < -0.39 is 0 Å². The molecule has 0 amide bonds. The van der Waals surface area contributed by atoms with Crippen molar-refractivity contribution >= 4 is 0 Å². The zero-order valence-corrected chi connectivity index (χ0v) is 9.72. The second kappa shape index (κ2) is 4.65. The lowest BCUT2D eigenvalue weighted by molar-refractivity contribution is 0.833. The smallest absolute Gasteiger partial charge is 0.00896 e. The number of hydrogen-bond donors (Lipinski definition) is 0. The largest absolute Gasteiger partial charge is 0.0735 e. The zero-order valence-electron chi connectivity index (χ0n) is 9.72. The van der Waals surface area contributed by atoms with E-state index in [0.29, 0.717) is 0 Å². The van der Waals surface area contributed by atoms with Gasteiger partial charge in [-0.1, -0.05) is 53.5 Å². The highest BCUT2D eigenvalue weighted by Crippen LogP contribution is 2.28. The van der Waals surface area contributed by atoms with Gasteiger partial charge < -0.3 is 0 Å². The number of allylic oxidation sites excluding steroid dienone is 8. The summed E-state index contributed by atoms with van der Waals surface area (Å²) in [5.41, 5.74) is 6.02. The molecule has 0 N–H and O–H groups in total. The molecule has 0 aromatic carbocycles. The molecule has 1 radical (unpaired) electrons. The molecule has 0 unspecified atom stereocenters. The highest BCUT2D eigenvalue weighted by Gasteiger charge is 2.09. The van der Waals surface area contributed by atoms with Crippen LogP contribution in [0.1, 0.15) is 39.5 Å². The Kier molecular flexibility index (Phi) is 3.25. The van der Waals surface area contributed by atoms with Gasteiger partial charge in [-0.15, -0.1) is 0 Å². The van der Waals surface area contributed by atoms with E-state index in [1.807, 2.05) is 0 Å². The van der Waals surface area contributed by atoms with Gasteiger partial charge in [-0.3, -0.25) is 0 Å². The summed E-state index contributed by atoms with van der Waals surface area (Å²) in [7, 11) is 0. The van der Waals surface area contributed by atoms with Gasteiger partial charge >= 0.3 is 0 Å². The second-order valence-electron chi connectivity index (χ2n) is 4.48. The summed E-state index contributed by atoms with van der Waals surface area (Å²) in [5.74, 6) is 0. The molecule has 0 fully saturated rings. The first-order chi connectivity index (χ1) is 7.28. The van der Waals surface area contributed by atoms with Gasteiger partial charge in [-0.05, 0) is 32.6 Å². The first-order valence-electron chi connectivity index (χ1n) is 5.87. The van der Waals surface area contributed by atoms with Crippen molar-refractivity contribution < 1.29 is 0 Å². The molecule has 0 aliphatic heterocycles. The van der Waals surface area contributed by atoms with Crippen LogP contribution in [0, 0.1) is 6.42 Å². The summed E-state index contributed by atoms with van der Waals surface area (Å²) >= 11 is 0. The first kappa shape index (κ1) is 10.5. The van der Waals surface area contributed by atoms with Crippen molar-refractivity contribution in [3.63, 3.8) is 0 Å². The predicted molar refractivity (Wildman–Crippen MR) is 66.4 cm³/mol. The van der Waals surface area contributed by atoms with E-state index in [-0.39, 0.29) is 0 Å². The topological polar surface area (TPSA) is 0 Å². The van der Waals surface area contributed by atoms with Gasteiger partial charge in [0, 0.05) is 6.42 Å². The average molecular weight is 199 g/mol. The molecule has 0 aromatic heterocycles. The maximum atomic E-state index is 2.32. The summed E-state index contributed by atoms with van der Waals surface area (Å²) in [4.78, 5) is 0. The molecule has 2 aliphatic rings. The molecule has 0 spiro atoms. The van der Waals surface area contributed by atoms with E-state index in [1.165, 1.54) is 30.4 Å². The van der Waals surface area contributed by atoms with Crippen LogP contribution in [0.3, 0.4) is 0 Å². The van der Waals surface area contributed by atoms with Gasteiger partial charge in [0.25, 0.3) is 0 Å². The van der Waals surface area contributed by atoms with Crippen molar-refractivity contribution in [2.75, 3.05) is 0 Å². The molecule has 0 heterocycles. The van der Waals surface area contributed by atoms with Gasteiger partial charge in [0.15, 0.2) is 0 Å². The minimum Gasteiger partial charge on any atom is -0.0735 e. The normalized spacial score (nSPS) is 20.7. The van der Waals surface area contributed by atoms with Gasteiger partial charge in [0.05, 0.1) is 0 Å². The third kappa shape index (κ3) is 2.71. The van der Waals surface area contributed by atoms with Crippen LogP contribution < -0.4 is 0 Å². The maximum absolute atomic E-state index is 2.32. The summed E-state index contributed by atoms with van der Waals surface area (Å²) in [6.45, 7) is 4.40. The van der Waals surface area contributed by atoms with Crippen LogP contribution in [-0.4, -0.2) is 0 Å². The van der Waals surface area contributed by atoms with Crippen molar-refractivity contribution in [2.45, 2.75) is 39.5 Å². The van der Waals surface area contributed by atoms with Gasteiger partial charge in [-0.25, -0.2) is 0 Å². The second-order valence-corrected chi connectivity index (χ2v) is 4.48. The molecular weight excluding hydrogens is 180 g/mol. The van der Waals surface area contributed by atoms with Crippen LogP contribution in [0.25, 0.3) is 0 Å². The van der Waals surface area contributed by atoms with Gasteiger partial charge in [-0.2, -0.15) is 0 Å². The molecule has 0 saturated heterocycles. The van der Waals surface area contributed by atoms with Crippen LogP contribution in [0.4, 0.5) is 0 Å². The third-order valence-corrected chi connectivity index (χ3v) is 3.18. The van der Waals surface area contributed by atoms with E-state index in [9.17, 15) is 0 Å². The lowest BCUT2D eigenvalue weighted by atomic mass is 9.92. The van der Waals surface area contributed by atoms with E-state index in [2.05, 4.69) is 44.6 Å². The minimum atomic E-state index is 1.14. The lowest BCUT2D eigenvalue weighted by Gasteiger charge is -2.13. The molecule has 0 aromatic rings. The molecule has 0 heteroatoms. The molecule has 0 bridgehead atoms. The molecule has 0 nitrogen and oxygen atoms in total. The van der Waals surface area contributed by atoms with E-state index in [4.69, 9.17) is 0 Å². The standard InChI is InChI=1S/C15H19/c1-3-13-6-8-14(9-7-13)11-15-5-4-12(2)10-15/h4-6,8,10H,3,7,9,11H2,1-2H3. The highest BCUT2D eigenvalue weighted by atomic mass is 14.1. The number of rotatable bonds is 3. The molecule has 79 valence electrons. The Morgan fingerprint density at radius 3 is 2.33 bits per heavy atom. The quantitative estimate of drug-likeness (QED) is 0.626. The van der Waals surface area contributed by atoms with Crippen LogP contribution in [0.5, 0.6) is 0 Å². The Hall–Kier alpha value is -1.04. The van der Waals surface area contributed by atoms with Crippen molar-refractivity contribution in [3.05, 3.63) is 53.0 Å². The van der Waals surface area contributed by atoms with Crippen LogP contribution in [0.2, 0.25) is 0 Å². The molecule has 15 heavy (non-hydrogen) atoms. The maximum Gasteiger partial charge on any atom is 0.00896 e. The zero-order chi connectivity index (χ0) is 10.7. The Labute approximate surface area is 93.1 Å². The Balaban J connectivity index is 1.95. The monoisotopic (exact) mass is 199 g/mol. The van der Waals surface area contributed by atoms with Gasteiger partial charge in [0.1, 0.15) is 0 Å². The lowest BCUT2D eigenvalue weighted by Crippen LogP contribution is -1.94. The summed E-state index contributed by atoms with van der Waals surface area (Å²) in [5, 5.41) is 0. The molecule has 2 rings (SSSR count). The van der Waals surface area contributed by atoms with Crippen molar-refractivity contribution in [1.82, 2.24) is 0 Å². The van der Waals surface area contributed by atoms with Crippen molar-refractivity contribution in [2.24, 2.45) is 0 Å². The minimum absolute atomic E-state index is 1.14. The summed E-state index contributed by atoms with van der Waals surface area (Å²) in [6, 6.07) is 0. The SMILES string of the molecule is CCC1=CC=C(CC2=CC(C)=C[CH]2)CC1. The average Bonchev–Trinajstić information content (AvgIpc) is 2.65. The molecular formula is C15H19. The van der Waals surface area contributed by atoms with E-state index in [0.717, 1.165) is 6.42 Å². The molecule has 0 atom stereocenters. The predicted octanol–water partition coefficient (Wildman–Crippen LogP) is 4.52. The van der Waals surface area contributed by atoms with Crippen LogP contribution in [0.15, 0.2) is 46.6 Å². The Morgan fingerprint density at radius 2 is 1.80 bits per heavy atom. The first-order valence-corrected chi connectivity index (χ1v) is 5.87. The Bertz CT molecular complexity index is 361. The van der Waals surface area contributed by atoms with E-state index in [1.54, 1.807) is 11.1 Å². The fourth-order valence-corrected chi connectivity index (χ4v) is 2.16. The van der Waals surface area contributed by atoms with Crippen LogP contribution in [-0.2, 0) is 0 Å². The fraction of sp³-hybridized carbons (Fsp3) is 0.400. The molecule has 0 saturated carbocycles. The fourth-order valence-electron chi connectivity index (χ4n) is 2.16. The highest BCUT2D eigenvalue weighted by molar-refractivity contribution is 5.42. The van der Waals surface area contributed by atoms with Gasteiger partial charge in [0.2, 0.25) is 0 Å². The number of hydrogen-bond acceptors (Lipinski definition) is 0. The third-order valence-electron chi connectivity index (χ3n) is 3.18. The summed E-state index contributed by atoms with van der Waals surface area (Å²) in [6.07, 6.45) is 16.2. The van der Waals surface area contributed by atoms with Crippen LogP contribution >= 0.6 is 0 Å². The molecule has 2 aliphatic carbocycles. The van der Waals surface area contributed by atoms with E-state index >= 15 is 0 Å². The Morgan fingerprint density at radius 1 is 1.07 bits per heavy atom. The van der Waals surface area contributed by atoms with Crippen molar-refractivity contribution in [1.29, 1.82) is 0 Å².